The number of likely N-dealkylation sites (tertiary alicyclic amines) is 1. The average molecular weight is 310 g/mol. The fourth-order valence-electron chi connectivity index (χ4n) is 3.00. The number of aromatic nitrogens is 2. The summed E-state index contributed by atoms with van der Waals surface area (Å²) in [5.41, 5.74) is 2.52. The maximum absolute atomic E-state index is 12.1. The molecule has 2 aromatic rings. The summed E-state index contributed by atoms with van der Waals surface area (Å²) >= 11 is 0. The molecule has 1 unspecified atom stereocenters. The van der Waals surface area contributed by atoms with Gasteiger partial charge < -0.3 is 5.32 Å². The van der Waals surface area contributed by atoms with Crippen LogP contribution in [0, 0.1) is 5.92 Å². The number of carbonyl (C=O) groups is 1. The van der Waals surface area contributed by atoms with Crippen LogP contribution in [0.5, 0.6) is 0 Å². The van der Waals surface area contributed by atoms with Crippen molar-refractivity contribution < 1.29 is 4.79 Å². The molecule has 23 heavy (non-hydrogen) atoms. The van der Waals surface area contributed by atoms with E-state index in [1.165, 1.54) is 50.2 Å². The fourth-order valence-corrected chi connectivity index (χ4v) is 3.00. The van der Waals surface area contributed by atoms with Crippen LogP contribution in [-0.2, 0) is 6.54 Å². The molecule has 1 N–H and O–H groups in total. The van der Waals surface area contributed by atoms with Gasteiger partial charge in [-0.1, -0.05) is 19.1 Å². The number of carbonyl (C=O) groups excluding carboxylic acids is 1. The van der Waals surface area contributed by atoms with E-state index in [0.29, 0.717) is 5.56 Å². The van der Waals surface area contributed by atoms with E-state index in [-0.39, 0.29) is 5.91 Å². The molecular weight excluding hydrogens is 288 g/mol. The first-order chi connectivity index (χ1) is 11.2. The molecule has 1 aromatic carbocycles. The van der Waals surface area contributed by atoms with Gasteiger partial charge in [0.25, 0.3) is 5.91 Å². The minimum Gasteiger partial charge on any atom is -0.322 e. The molecule has 1 saturated heterocycles. The average Bonchev–Trinajstić information content (AvgIpc) is 2.57. The van der Waals surface area contributed by atoms with Gasteiger partial charge in [-0.25, -0.2) is 9.97 Å². The monoisotopic (exact) mass is 310 g/mol. The van der Waals surface area contributed by atoms with Crippen molar-refractivity contribution in [1.82, 2.24) is 14.9 Å². The standard InChI is InChI=1S/C18H22N4O/c1-14-3-2-8-22(11-14)12-15-4-6-17(7-5-15)21-18(23)16-9-19-13-20-10-16/h4-7,9-10,13-14H,2-3,8,11-12H2,1H3,(H,21,23). The van der Waals surface area contributed by atoms with E-state index in [0.717, 1.165) is 18.2 Å². The summed E-state index contributed by atoms with van der Waals surface area (Å²) in [6, 6.07) is 8.06. The van der Waals surface area contributed by atoms with Crippen molar-refractivity contribution in [1.29, 1.82) is 0 Å². The maximum atomic E-state index is 12.1. The maximum Gasteiger partial charge on any atom is 0.258 e. The van der Waals surface area contributed by atoms with Crippen LogP contribution in [0.1, 0.15) is 35.7 Å². The first-order valence-corrected chi connectivity index (χ1v) is 8.08. The third-order valence-electron chi connectivity index (χ3n) is 4.18. The van der Waals surface area contributed by atoms with Gasteiger partial charge in [0.05, 0.1) is 5.56 Å². The van der Waals surface area contributed by atoms with Gasteiger partial charge in [-0.2, -0.15) is 0 Å². The minimum atomic E-state index is -0.191. The second-order valence-corrected chi connectivity index (χ2v) is 6.26. The van der Waals surface area contributed by atoms with E-state index in [1.807, 2.05) is 12.1 Å². The van der Waals surface area contributed by atoms with Gasteiger partial charge in [0.15, 0.2) is 0 Å². The number of anilines is 1. The third-order valence-corrected chi connectivity index (χ3v) is 4.18. The van der Waals surface area contributed by atoms with E-state index in [4.69, 9.17) is 0 Å². The first kappa shape index (κ1) is 15.6. The Kier molecular flexibility index (Phi) is 4.98. The number of nitrogens with one attached hydrogen (secondary N) is 1. The van der Waals surface area contributed by atoms with Crippen molar-refractivity contribution in [3.05, 3.63) is 54.1 Å². The summed E-state index contributed by atoms with van der Waals surface area (Å²) in [5.74, 6) is 0.596. The number of amides is 1. The molecule has 1 fully saturated rings. The molecule has 1 aromatic heterocycles. The molecule has 1 amide bonds. The van der Waals surface area contributed by atoms with Crippen LogP contribution in [0.25, 0.3) is 0 Å². The highest BCUT2D eigenvalue weighted by Crippen LogP contribution is 2.19. The Morgan fingerprint density at radius 3 is 2.70 bits per heavy atom. The molecule has 1 aliphatic rings. The van der Waals surface area contributed by atoms with Crippen molar-refractivity contribution in [3.63, 3.8) is 0 Å². The SMILES string of the molecule is CC1CCCN(Cc2ccc(NC(=O)c3cncnc3)cc2)C1. The Bertz CT molecular complexity index is 642. The Morgan fingerprint density at radius 2 is 2.00 bits per heavy atom. The summed E-state index contributed by atoms with van der Waals surface area (Å²) in [4.78, 5) is 22.3. The molecule has 5 heteroatoms. The number of rotatable bonds is 4. The van der Waals surface area contributed by atoms with Gasteiger partial charge in [0.2, 0.25) is 0 Å². The molecule has 0 spiro atoms. The largest absolute Gasteiger partial charge is 0.322 e. The lowest BCUT2D eigenvalue weighted by Gasteiger charge is -2.30. The minimum absolute atomic E-state index is 0.191. The topological polar surface area (TPSA) is 58.1 Å². The van der Waals surface area contributed by atoms with Crippen LogP contribution in [0.4, 0.5) is 5.69 Å². The molecule has 0 aliphatic carbocycles. The van der Waals surface area contributed by atoms with E-state index >= 15 is 0 Å². The lowest BCUT2D eigenvalue weighted by Crippen LogP contribution is -2.33. The molecule has 3 rings (SSSR count). The van der Waals surface area contributed by atoms with Gasteiger partial charge in [-0.3, -0.25) is 9.69 Å². The van der Waals surface area contributed by atoms with Crippen LogP contribution in [0.2, 0.25) is 0 Å². The molecule has 0 bridgehead atoms. The second-order valence-electron chi connectivity index (χ2n) is 6.26. The molecule has 2 heterocycles. The Labute approximate surface area is 136 Å². The molecule has 5 nitrogen and oxygen atoms in total. The van der Waals surface area contributed by atoms with Gasteiger partial charge in [-0.15, -0.1) is 0 Å². The highest BCUT2D eigenvalue weighted by Gasteiger charge is 2.16. The molecule has 0 radical (unpaired) electrons. The molecule has 1 aliphatic heterocycles. The van der Waals surface area contributed by atoms with Crippen LogP contribution in [-0.4, -0.2) is 33.9 Å². The molecule has 0 saturated carbocycles. The zero-order chi connectivity index (χ0) is 16.1. The predicted molar refractivity (Wildman–Crippen MR) is 90.1 cm³/mol. The Balaban J connectivity index is 1.58. The first-order valence-electron chi connectivity index (χ1n) is 8.08. The van der Waals surface area contributed by atoms with Gasteiger partial charge in [0.1, 0.15) is 6.33 Å². The van der Waals surface area contributed by atoms with Crippen molar-refractivity contribution in [2.24, 2.45) is 5.92 Å². The van der Waals surface area contributed by atoms with Crippen LogP contribution in [0.15, 0.2) is 43.0 Å². The number of hydrogen-bond acceptors (Lipinski definition) is 4. The number of piperidine rings is 1. The lowest BCUT2D eigenvalue weighted by molar-refractivity contribution is 0.102. The number of benzene rings is 1. The van der Waals surface area contributed by atoms with E-state index < -0.39 is 0 Å². The molecule has 120 valence electrons. The van der Waals surface area contributed by atoms with Crippen molar-refractivity contribution in [3.8, 4) is 0 Å². The van der Waals surface area contributed by atoms with E-state index in [1.54, 1.807) is 0 Å². The Hall–Kier alpha value is -2.27. The van der Waals surface area contributed by atoms with Gasteiger partial charge >= 0.3 is 0 Å². The highest BCUT2D eigenvalue weighted by atomic mass is 16.1. The van der Waals surface area contributed by atoms with Crippen molar-refractivity contribution >= 4 is 11.6 Å². The van der Waals surface area contributed by atoms with Crippen LogP contribution in [0.3, 0.4) is 0 Å². The summed E-state index contributed by atoms with van der Waals surface area (Å²) in [5, 5.41) is 2.86. The summed E-state index contributed by atoms with van der Waals surface area (Å²) < 4.78 is 0. The quantitative estimate of drug-likeness (QED) is 0.943. The normalized spacial score (nSPS) is 18.6. The van der Waals surface area contributed by atoms with Crippen molar-refractivity contribution in [2.45, 2.75) is 26.3 Å². The zero-order valence-corrected chi connectivity index (χ0v) is 13.4. The van der Waals surface area contributed by atoms with Crippen LogP contribution < -0.4 is 5.32 Å². The van der Waals surface area contributed by atoms with Gasteiger partial charge in [0, 0.05) is 31.2 Å². The lowest BCUT2D eigenvalue weighted by atomic mass is 10.00. The number of nitrogens with zero attached hydrogens (tertiary/aromatic N) is 3. The second kappa shape index (κ2) is 7.33. The van der Waals surface area contributed by atoms with E-state index in [2.05, 4.69) is 39.2 Å². The highest BCUT2D eigenvalue weighted by molar-refractivity contribution is 6.03. The number of hydrogen-bond donors (Lipinski definition) is 1. The molecular formula is C18H22N4O. The van der Waals surface area contributed by atoms with Gasteiger partial charge in [-0.05, 0) is 43.0 Å². The smallest absolute Gasteiger partial charge is 0.258 e. The summed E-state index contributed by atoms with van der Waals surface area (Å²) in [6.07, 6.45) is 7.05. The molecule has 1 atom stereocenters. The fraction of sp³-hybridized carbons (Fsp3) is 0.389. The predicted octanol–water partition coefficient (Wildman–Crippen LogP) is 2.96. The summed E-state index contributed by atoms with van der Waals surface area (Å²) in [6.45, 7) is 5.65. The van der Waals surface area contributed by atoms with Crippen molar-refractivity contribution in [2.75, 3.05) is 18.4 Å². The zero-order valence-electron chi connectivity index (χ0n) is 13.4. The Morgan fingerprint density at radius 1 is 1.26 bits per heavy atom. The summed E-state index contributed by atoms with van der Waals surface area (Å²) in [7, 11) is 0. The van der Waals surface area contributed by atoms with Crippen LogP contribution >= 0.6 is 0 Å². The van der Waals surface area contributed by atoms with E-state index in [9.17, 15) is 4.79 Å². The third kappa shape index (κ3) is 4.36.